The molecular weight excluding hydrogens is 380 g/mol. The van der Waals surface area contributed by atoms with E-state index in [0.29, 0.717) is 11.6 Å². The van der Waals surface area contributed by atoms with Crippen molar-refractivity contribution in [2.75, 3.05) is 19.0 Å². The SMILES string of the molecule is CN(C)c1ccc(/C=N\N=C2/NC(=O)[C@H](Cc3cccc4ccccc34)S2)cc1. The summed E-state index contributed by atoms with van der Waals surface area (Å²) >= 11 is 1.43. The molecule has 0 aliphatic carbocycles. The van der Waals surface area contributed by atoms with Crippen LogP contribution in [0.25, 0.3) is 10.8 Å². The van der Waals surface area contributed by atoms with Gasteiger partial charge in [0.25, 0.3) is 0 Å². The maximum atomic E-state index is 12.4. The highest BCUT2D eigenvalue weighted by Gasteiger charge is 2.30. The first kappa shape index (κ1) is 19.2. The first-order chi connectivity index (χ1) is 14.1. The molecule has 146 valence electrons. The summed E-state index contributed by atoms with van der Waals surface area (Å²) in [5.41, 5.74) is 3.26. The zero-order valence-corrected chi connectivity index (χ0v) is 17.2. The van der Waals surface area contributed by atoms with Crippen LogP contribution in [0.15, 0.2) is 76.9 Å². The summed E-state index contributed by atoms with van der Waals surface area (Å²) in [5, 5.41) is 13.9. The zero-order chi connectivity index (χ0) is 20.2. The van der Waals surface area contributed by atoms with Gasteiger partial charge in [0, 0.05) is 19.8 Å². The average Bonchev–Trinajstić information content (AvgIpc) is 3.08. The van der Waals surface area contributed by atoms with Crippen molar-refractivity contribution in [3.05, 3.63) is 77.9 Å². The summed E-state index contributed by atoms with van der Waals surface area (Å²) in [6, 6.07) is 22.5. The minimum absolute atomic E-state index is 0.0211. The lowest BCUT2D eigenvalue weighted by atomic mass is 10.0. The van der Waals surface area contributed by atoms with Crippen LogP contribution in [0.5, 0.6) is 0 Å². The zero-order valence-electron chi connectivity index (χ0n) is 16.4. The Bertz CT molecular complexity index is 1080. The van der Waals surface area contributed by atoms with E-state index in [0.717, 1.165) is 11.3 Å². The Morgan fingerprint density at radius 3 is 2.59 bits per heavy atom. The molecule has 0 aromatic heterocycles. The Hall–Kier alpha value is -3.12. The van der Waals surface area contributed by atoms with E-state index < -0.39 is 0 Å². The topological polar surface area (TPSA) is 57.1 Å². The summed E-state index contributed by atoms with van der Waals surface area (Å²) in [6.45, 7) is 0. The molecule has 0 radical (unpaired) electrons. The van der Waals surface area contributed by atoms with E-state index in [2.05, 4.69) is 39.8 Å². The third-order valence-electron chi connectivity index (χ3n) is 4.83. The third-order valence-corrected chi connectivity index (χ3v) is 5.90. The number of nitrogens with zero attached hydrogens (tertiary/aromatic N) is 3. The molecule has 0 bridgehead atoms. The number of thioether (sulfide) groups is 1. The highest BCUT2D eigenvalue weighted by Crippen LogP contribution is 2.27. The first-order valence-electron chi connectivity index (χ1n) is 9.43. The first-order valence-corrected chi connectivity index (χ1v) is 10.3. The minimum Gasteiger partial charge on any atom is -0.378 e. The number of nitrogens with one attached hydrogen (secondary N) is 1. The van der Waals surface area contributed by atoms with Crippen LogP contribution in [-0.2, 0) is 11.2 Å². The van der Waals surface area contributed by atoms with Gasteiger partial charge in [0.15, 0.2) is 5.17 Å². The number of anilines is 1. The molecule has 6 heteroatoms. The lowest BCUT2D eigenvalue weighted by molar-refractivity contribution is -0.118. The van der Waals surface area contributed by atoms with Gasteiger partial charge < -0.3 is 10.2 Å². The second-order valence-electron chi connectivity index (χ2n) is 7.07. The Balaban J connectivity index is 1.43. The van der Waals surface area contributed by atoms with Crippen LogP contribution in [-0.4, -0.2) is 36.6 Å². The van der Waals surface area contributed by atoms with E-state index in [1.54, 1.807) is 6.21 Å². The van der Waals surface area contributed by atoms with Crippen molar-refractivity contribution in [1.82, 2.24) is 5.32 Å². The molecule has 5 nitrogen and oxygen atoms in total. The van der Waals surface area contributed by atoms with Gasteiger partial charge in [-0.15, -0.1) is 5.10 Å². The van der Waals surface area contributed by atoms with Gasteiger partial charge in [0.05, 0.1) is 11.5 Å². The number of fused-ring (bicyclic) bond motifs is 1. The van der Waals surface area contributed by atoms with Gasteiger partial charge in [0.1, 0.15) is 0 Å². The molecule has 0 unspecified atom stereocenters. The molecule has 3 aromatic rings. The summed E-state index contributed by atoms with van der Waals surface area (Å²) < 4.78 is 0. The van der Waals surface area contributed by atoms with Gasteiger partial charge >= 0.3 is 0 Å². The molecule has 1 atom stereocenters. The van der Waals surface area contributed by atoms with Gasteiger partial charge in [-0.3, -0.25) is 4.79 Å². The lowest BCUT2D eigenvalue weighted by Crippen LogP contribution is -2.26. The number of carbonyl (C=O) groups is 1. The second kappa shape index (κ2) is 8.49. The van der Waals surface area contributed by atoms with E-state index in [-0.39, 0.29) is 11.2 Å². The van der Waals surface area contributed by atoms with Crippen LogP contribution in [0.2, 0.25) is 0 Å². The molecule has 1 amide bonds. The smallest absolute Gasteiger partial charge is 0.239 e. The van der Waals surface area contributed by atoms with Gasteiger partial charge in [-0.05, 0) is 40.5 Å². The van der Waals surface area contributed by atoms with Gasteiger partial charge in [0.2, 0.25) is 5.91 Å². The molecule has 1 aliphatic rings. The number of carbonyl (C=O) groups excluding carboxylic acids is 1. The van der Waals surface area contributed by atoms with Crippen molar-refractivity contribution in [3.8, 4) is 0 Å². The summed E-state index contributed by atoms with van der Waals surface area (Å²) in [4.78, 5) is 14.4. The van der Waals surface area contributed by atoms with Crippen LogP contribution in [0.1, 0.15) is 11.1 Å². The largest absolute Gasteiger partial charge is 0.378 e. The van der Waals surface area contributed by atoms with Crippen LogP contribution in [0.3, 0.4) is 0 Å². The third kappa shape index (κ3) is 4.49. The van der Waals surface area contributed by atoms with Crippen molar-refractivity contribution < 1.29 is 4.79 Å². The molecule has 1 aliphatic heterocycles. The molecule has 0 saturated carbocycles. The molecule has 3 aromatic carbocycles. The summed E-state index contributed by atoms with van der Waals surface area (Å²) in [7, 11) is 4.01. The number of amidine groups is 1. The predicted molar refractivity (Wildman–Crippen MR) is 123 cm³/mol. The molecule has 1 heterocycles. The van der Waals surface area contributed by atoms with Crippen LogP contribution < -0.4 is 10.2 Å². The number of rotatable bonds is 5. The Morgan fingerprint density at radius 1 is 1.03 bits per heavy atom. The molecule has 1 saturated heterocycles. The molecule has 4 rings (SSSR count). The van der Waals surface area contributed by atoms with Crippen molar-refractivity contribution in [2.45, 2.75) is 11.7 Å². The fourth-order valence-corrected chi connectivity index (χ4v) is 4.22. The Labute approximate surface area is 174 Å². The minimum atomic E-state index is -0.200. The maximum Gasteiger partial charge on any atom is 0.239 e. The van der Waals surface area contributed by atoms with E-state index >= 15 is 0 Å². The Morgan fingerprint density at radius 2 is 1.79 bits per heavy atom. The van der Waals surface area contributed by atoms with Crippen molar-refractivity contribution >= 4 is 45.5 Å². The molecule has 1 N–H and O–H groups in total. The number of hydrogen-bond donors (Lipinski definition) is 1. The number of hydrogen-bond acceptors (Lipinski definition) is 5. The lowest BCUT2D eigenvalue weighted by Gasteiger charge is -2.11. The van der Waals surface area contributed by atoms with Gasteiger partial charge in [-0.25, -0.2) is 0 Å². The Kier molecular flexibility index (Phi) is 5.62. The monoisotopic (exact) mass is 402 g/mol. The van der Waals surface area contributed by atoms with Crippen LogP contribution >= 0.6 is 11.8 Å². The average molecular weight is 403 g/mol. The highest BCUT2D eigenvalue weighted by molar-refractivity contribution is 8.15. The standard InChI is InChI=1S/C23H22N4OS/c1-27(2)19-12-10-16(11-13-19)15-24-26-23-25-22(28)21(29-23)14-18-8-5-7-17-6-3-4-9-20(17)18/h3-13,15,21H,14H2,1-2H3,(H,25,26,28)/b24-15-/t21-/m0/s1. The quantitative estimate of drug-likeness (QED) is 0.517. The van der Waals surface area contributed by atoms with Crippen molar-refractivity contribution in [1.29, 1.82) is 0 Å². The van der Waals surface area contributed by atoms with Crippen LogP contribution in [0, 0.1) is 0 Å². The van der Waals surface area contributed by atoms with Crippen LogP contribution in [0.4, 0.5) is 5.69 Å². The highest BCUT2D eigenvalue weighted by atomic mass is 32.2. The van der Waals surface area contributed by atoms with Gasteiger partial charge in [-0.1, -0.05) is 66.4 Å². The maximum absolute atomic E-state index is 12.4. The van der Waals surface area contributed by atoms with E-state index in [9.17, 15) is 4.79 Å². The fraction of sp³-hybridized carbons (Fsp3) is 0.174. The predicted octanol–water partition coefficient (Wildman–Crippen LogP) is 4.07. The van der Waals surface area contributed by atoms with Crippen molar-refractivity contribution in [2.24, 2.45) is 10.2 Å². The second-order valence-corrected chi connectivity index (χ2v) is 8.27. The molecular formula is C23H22N4OS. The molecule has 29 heavy (non-hydrogen) atoms. The fourth-order valence-electron chi connectivity index (χ4n) is 3.26. The van der Waals surface area contributed by atoms with Gasteiger partial charge in [-0.2, -0.15) is 5.10 Å². The summed E-state index contributed by atoms with van der Waals surface area (Å²) in [5.74, 6) is -0.0211. The number of benzene rings is 3. The summed E-state index contributed by atoms with van der Waals surface area (Å²) in [6.07, 6.45) is 2.35. The number of amides is 1. The molecule has 0 spiro atoms. The van der Waals surface area contributed by atoms with E-state index in [1.807, 2.05) is 61.5 Å². The normalized spacial score (nSPS) is 17.9. The van der Waals surface area contributed by atoms with Crippen molar-refractivity contribution in [3.63, 3.8) is 0 Å². The van der Waals surface area contributed by atoms with E-state index in [1.165, 1.54) is 28.1 Å². The molecule has 1 fully saturated rings. The van der Waals surface area contributed by atoms with E-state index in [4.69, 9.17) is 0 Å².